The van der Waals surface area contributed by atoms with Crippen LogP contribution in [0.3, 0.4) is 0 Å². The second kappa shape index (κ2) is 3.32. The number of carbonyl (C=O) groups excluding carboxylic acids is 1. The number of aldehydes is 1. The quantitative estimate of drug-likeness (QED) is 0.479. The van der Waals surface area contributed by atoms with Crippen LogP contribution < -0.4 is 0 Å². The summed E-state index contributed by atoms with van der Waals surface area (Å²) in [4.78, 5) is 11.2. The summed E-state index contributed by atoms with van der Waals surface area (Å²) in [6.07, 6.45) is 3.48. The zero-order valence-electron chi connectivity index (χ0n) is 5.54. The number of hydrogen-bond donors (Lipinski definition) is 0. The van der Waals surface area contributed by atoms with E-state index in [1.54, 1.807) is 6.08 Å². The standard InChI is InChI=1S/C8H8OS/c1-2-3-7-4-5-10-8(7)6-9/h2,4-6H,1,3H2. The SMILES string of the molecule is C=CCc1ccsc1C=O. The summed E-state index contributed by atoms with van der Waals surface area (Å²) in [6.45, 7) is 3.60. The van der Waals surface area contributed by atoms with E-state index < -0.39 is 0 Å². The fraction of sp³-hybridized carbons (Fsp3) is 0.125. The van der Waals surface area contributed by atoms with Gasteiger partial charge in [0.25, 0.3) is 0 Å². The number of carbonyl (C=O) groups is 1. The van der Waals surface area contributed by atoms with Crippen LogP contribution in [0.15, 0.2) is 24.1 Å². The summed E-state index contributed by atoms with van der Waals surface area (Å²) in [5, 5.41) is 1.92. The van der Waals surface area contributed by atoms with Crippen LogP contribution in [-0.4, -0.2) is 6.29 Å². The summed E-state index contributed by atoms with van der Waals surface area (Å²) in [6, 6.07) is 1.95. The molecule has 0 radical (unpaired) electrons. The molecule has 0 aliphatic heterocycles. The molecule has 0 saturated heterocycles. The fourth-order valence-electron chi connectivity index (χ4n) is 0.775. The molecule has 0 aliphatic carbocycles. The Morgan fingerprint density at radius 3 is 3.10 bits per heavy atom. The largest absolute Gasteiger partial charge is 0.297 e. The predicted octanol–water partition coefficient (Wildman–Crippen LogP) is 2.29. The van der Waals surface area contributed by atoms with Gasteiger partial charge in [0.1, 0.15) is 0 Å². The average Bonchev–Trinajstić information content (AvgIpc) is 2.36. The molecule has 52 valence electrons. The summed E-state index contributed by atoms with van der Waals surface area (Å²) < 4.78 is 0. The molecule has 0 aliphatic rings. The normalized spacial score (nSPS) is 9.20. The van der Waals surface area contributed by atoms with E-state index in [4.69, 9.17) is 0 Å². The van der Waals surface area contributed by atoms with Crippen molar-refractivity contribution in [3.05, 3.63) is 34.5 Å². The van der Waals surface area contributed by atoms with Crippen molar-refractivity contribution in [3.8, 4) is 0 Å². The number of hydrogen-bond acceptors (Lipinski definition) is 2. The lowest BCUT2D eigenvalue weighted by atomic mass is 10.2. The van der Waals surface area contributed by atoms with Gasteiger partial charge >= 0.3 is 0 Å². The predicted molar refractivity (Wildman–Crippen MR) is 43.6 cm³/mol. The first kappa shape index (κ1) is 7.22. The van der Waals surface area contributed by atoms with Crippen molar-refractivity contribution in [1.29, 1.82) is 0 Å². The molecule has 0 unspecified atom stereocenters. The Bertz CT molecular complexity index is 237. The zero-order chi connectivity index (χ0) is 7.40. The molecular weight excluding hydrogens is 144 g/mol. The van der Waals surface area contributed by atoms with Crippen LogP contribution in [0.4, 0.5) is 0 Å². The highest BCUT2D eigenvalue weighted by Gasteiger charge is 1.98. The van der Waals surface area contributed by atoms with Gasteiger partial charge in [-0.2, -0.15) is 0 Å². The summed E-state index contributed by atoms with van der Waals surface area (Å²) >= 11 is 1.47. The third-order valence-corrected chi connectivity index (χ3v) is 2.14. The maximum absolute atomic E-state index is 10.3. The molecule has 0 spiro atoms. The molecule has 1 heterocycles. The molecular formula is C8H8OS. The van der Waals surface area contributed by atoms with Gasteiger partial charge in [0.2, 0.25) is 0 Å². The van der Waals surface area contributed by atoms with Crippen LogP contribution in [0.5, 0.6) is 0 Å². The Morgan fingerprint density at radius 1 is 1.70 bits per heavy atom. The Kier molecular flexibility index (Phi) is 2.40. The monoisotopic (exact) mass is 152 g/mol. The van der Waals surface area contributed by atoms with Crippen LogP contribution in [0, 0.1) is 0 Å². The highest BCUT2D eigenvalue weighted by Crippen LogP contribution is 2.14. The molecule has 0 saturated carbocycles. The Morgan fingerprint density at radius 2 is 2.50 bits per heavy atom. The minimum atomic E-state index is 0.789. The van der Waals surface area contributed by atoms with Gasteiger partial charge < -0.3 is 0 Å². The first-order valence-electron chi connectivity index (χ1n) is 3.01. The van der Waals surface area contributed by atoms with E-state index in [9.17, 15) is 4.79 Å². The van der Waals surface area contributed by atoms with Gasteiger partial charge in [-0.15, -0.1) is 17.9 Å². The van der Waals surface area contributed by atoms with Crippen LogP contribution in [0.25, 0.3) is 0 Å². The molecule has 0 bridgehead atoms. The van der Waals surface area contributed by atoms with E-state index in [1.165, 1.54) is 11.3 Å². The summed E-state index contributed by atoms with van der Waals surface area (Å²) in [7, 11) is 0. The van der Waals surface area contributed by atoms with E-state index in [-0.39, 0.29) is 0 Å². The molecule has 1 rings (SSSR count). The van der Waals surface area contributed by atoms with Gasteiger partial charge in [-0.05, 0) is 23.4 Å². The smallest absolute Gasteiger partial charge is 0.160 e. The first-order valence-corrected chi connectivity index (χ1v) is 3.89. The van der Waals surface area contributed by atoms with E-state index in [0.717, 1.165) is 23.1 Å². The molecule has 0 atom stereocenters. The summed E-state index contributed by atoms with van der Waals surface area (Å²) in [5.41, 5.74) is 1.08. The maximum Gasteiger partial charge on any atom is 0.160 e. The lowest BCUT2D eigenvalue weighted by Gasteiger charge is -1.88. The molecule has 1 aromatic rings. The van der Waals surface area contributed by atoms with Gasteiger partial charge in [0, 0.05) is 0 Å². The molecule has 2 heteroatoms. The number of allylic oxidation sites excluding steroid dienone is 1. The van der Waals surface area contributed by atoms with Gasteiger partial charge in [0.15, 0.2) is 6.29 Å². The minimum absolute atomic E-state index is 0.789. The van der Waals surface area contributed by atoms with Crippen LogP contribution >= 0.6 is 11.3 Å². The van der Waals surface area contributed by atoms with Gasteiger partial charge in [0.05, 0.1) is 4.88 Å². The van der Waals surface area contributed by atoms with Gasteiger partial charge in [-0.3, -0.25) is 4.79 Å². The Balaban J connectivity index is 2.89. The second-order valence-electron chi connectivity index (χ2n) is 1.92. The maximum atomic E-state index is 10.3. The average molecular weight is 152 g/mol. The highest BCUT2D eigenvalue weighted by molar-refractivity contribution is 7.11. The number of thiophene rings is 1. The van der Waals surface area contributed by atoms with Crippen molar-refractivity contribution < 1.29 is 4.79 Å². The topological polar surface area (TPSA) is 17.1 Å². The first-order chi connectivity index (χ1) is 4.88. The van der Waals surface area contributed by atoms with Gasteiger partial charge in [-0.1, -0.05) is 6.08 Å². The minimum Gasteiger partial charge on any atom is -0.297 e. The van der Waals surface area contributed by atoms with Crippen molar-refractivity contribution >= 4 is 17.6 Å². The molecule has 1 aromatic heterocycles. The molecule has 0 amide bonds. The lowest BCUT2D eigenvalue weighted by Crippen LogP contribution is -1.81. The molecule has 0 N–H and O–H groups in total. The fourth-order valence-corrected chi connectivity index (χ4v) is 1.51. The number of rotatable bonds is 3. The van der Waals surface area contributed by atoms with E-state index in [2.05, 4.69) is 6.58 Å². The van der Waals surface area contributed by atoms with Crippen molar-refractivity contribution in [2.45, 2.75) is 6.42 Å². The Hall–Kier alpha value is -0.890. The zero-order valence-corrected chi connectivity index (χ0v) is 6.36. The van der Waals surface area contributed by atoms with Crippen molar-refractivity contribution in [1.82, 2.24) is 0 Å². The third-order valence-electron chi connectivity index (χ3n) is 1.25. The Labute approximate surface area is 64.0 Å². The lowest BCUT2D eigenvalue weighted by molar-refractivity contribution is 0.112. The molecule has 10 heavy (non-hydrogen) atoms. The van der Waals surface area contributed by atoms with E-state index in [1.807, 2.05) is 11.4 Å². The van der Waals surface area contributed by atoms with Crippen LogP contribution in [-0.2, 0) is 6.42 Å². The third kappa shape index (κ3) is 1.33. The van der Waals surface area contributed by atoms with E-state index in [0.29, 0.717) is 0 Å². The molecule has 0 fully saturated rings. The van der Waals surface area contributed by atoms with Crippen molar-refractivity contribution in [3.63, 3.8) is 0 Å². The second-order valence-corrected chi connectivity index (χ2v) is 2.87. The van der Waals surface area contributed by atoms with Crippen LogP contribution in [0.2, 0.25) is 0 Å². The van der Waals surface area contributed by atoms with Crippen molar-refractivity contribution in [2.24, 2.45) is 0 Å². The summed E-state index contributed by atoms with van der Waals surface area (Å²) in [5.74, 6) is 0. The molecule has 1 nitrogen and oxygen atoms in total. The van der Waals surface area contributed by atoms with Gasteiger partial charge in [-0.25, -0.2) is 0 Å². The van der Waals surface area contributed by atoms with E-state index >= 15 is 0 Å². The highest BCUT2D eigenvalue weighted by atomic mass is 32.1. The molecule has 0 aromatic carbocycles. The van der Waals surface area contributed by atoms with Crippen molar-refractivity contribution in [2.75, 3.05) is 0 Å². The van der Waals surface area contributed by atoms with Crippen LogP contribution in [0.1, 0.15) is 15.2 Å².